The first kappa shape index (κ1) is 17.7. The van der Waals surface area contributed by atoms with E-state index in [1.807, 2.05) is 73.7 Å². The van der Waals surface area contributed by atoms with Crippen molar-refractivity contribution in [3.63, 3.8) is 0 Å². The largest absolute Gasteiger partial charge is 0.463 e. The Kier molecular flexibility index (Phi) is 5.69. The van der Waals surface area contributed by atoms with Gasteiger partial charge in [-0.25, -0.2) is 4.79 Å². The van der Waals surface area contributed by atoms with Crippen LogP contribution in [0.25, 0.3) is 6.08 Å². The van der Waals surface area contributed by atoms with Gasteiger partial charge in [-0.2, -0.15) is 0 Å². The molecular formula is C21H22O3. The van der Waals surface area contributed by atoms with Crippen molar-refractivity contribution in [2.24, 2.45) is 0 Å². The van der Waals surface area contributed by atoms with E-state index in [0.717, 1.165) is 16.7 Å². The van der Waals surface area contributed by atoms with E-state index in [0.29, 0.717) is 6.42 Å². The Hall–Kier alpha value is -2.68. The van der Waals surface area contributed by atoms with Crippen LogP contribution >= 0.6 is 0 Å². The first-order valence-corrected chi connectivity index (χ1v) is 7.89. The average Bonchev–Trinajstić information content (AvgIpc) is 2.61. The summed E-state index contributed by atoms with van der Waals surface area (Å²) < 4.78 is 4.66. The van der Waals surface area contributed by atoms with Crippen molar-refractivity contribution in [1.82, 2.24) is 0 Å². The van der Waals surface area contributed by atoms with E-state index in [-0.39, 0.29) is 0 Å². The highest BCUT2D eigenvalue weighted by molar-refractivity contribution is 6.37. The molecule has 2 aromatic rings. The molecule has 1 unspecified atom stereocenters. The Morgan fingerprint density at radius 2 is 1.67 bits per heavy atom. The summed E-state index contributed by atoms with van der Waals surface area (Å²) in [4.78, 5) is 24.5. The molecule has 24 heavy (non-hydrogen) atoms. The van der Waals surface area contributed by atoms with E-state index < -0.39 is 17.2 Å². The van der Waals surface area contributed by atoms with Gasteiger partial charge in [-0.1, -0.05) is 72.3 Å². The van der Waals surface area contributed by atoms with Crippen LogP contribution in [-0.4, -0.2) is 18.9 Å². The number of methoxy groups -OCH3 is 1. The van der Waals surface area contributed by atoms with Crippen molar-refractivity contribution >= 4 is 17.8 Å². The number of carbonyl (C=O) groups excluding carboxylic acids is 2. The lowest BCUT2D eigenvalue weighted by atomic mass is 9.75. The Bertz CT molecular complexity index is 729. The number of carbonyl (C=O) groups is 2. The number of hydrogen-bond donors (Lipinski definition) is 0. The fourth-order valence-corrected chi connectivity index (χ4v) is 2.58. The number of Topliss-reactive ketones (excluding diaryl/α,β-unsaturated/α-hetero) is 1. The molecule has 0 bridgehead atoms. The Morgan fingerprint density at radius 1 is 1.04 bits per heavy atom. The molecule has 2 rings (SSSR count). The predicted octanol–water partition coefficient (Wildman–Crippen LogP) is 4.10. The topological polar surface area (TPSA) is 43.4 Å². The fraction of sp³-hybridized carbons (Fsp3) is 0.238. The monoisotopic (exact) mass is 322 g/mol. The number of hydrogen-bond acceptors (Lipinski definition) is 3. The summed E-state index contributed by atoms with van der Waals surface area (Å²) in [5, 5.41) is 0. The number of aryl methyl sites for hydroxylation is 1. The summed E-state index contributed by atoms with van der Waals surface area (Å²) in [6.07, 6.45) is 4.30. The predicted molar refractivity (Wildman–Crippen MR) is 95.6 cm³/mol. The van der Waals surface area contributed by atoms with Crippen LogP contribution in [0, 0.1) is 6.92 Å². The van der Waals surface area contributed by atoms with Crippen LogP contribution in [0.15, 0.2) is 60.7 Å². The van der Waals surface area contributed by atoms with Gasteiger partial charge in [-0.3, -0.25) is 4.79 Å². The Labute approximate surface area is 143 Å². The van der Waals surface area contributed by atoms with E-state index in [4.69, 9.17) is 0 Å². The van der Waals surface area contributed by atoms with Crippen LogP contribution in [-0.2, 0) is 19.7 Å². The second kappa shape index (κ2) is 7.73. The van der Waals surface area contributed by atoms with Crippen LogP contribution in [0.2, 0.25) is 0 Å². The van der Waals surface area contributed by atoms with Crippen molar-refractivity contribution in [2.45, 2.75) is 25.7 Å². The molecule has 2 aromatic carbocycles. The van der Waals surface area contributed by atoms with Gasteiger partial charge >= 0.3 is 5.97 Å². The molecular weight excluding hydrogens is 300 g/mol. The first-order valence-electron chi connectivity index (χ1n) is 7.89. The highest BCUT2D eigenvalue weighted by Crippen LogP contribution is 2.30. The zero-order valence-corrected chi connectivity index (χ0v) is 14.3. The van der Waals surface area contributed by atoms with Crippen LogP contribution in [0.1, 0.15) is 30.0 Å². The molecule has 0 saturated heterocycles. The average molecular weight is 322 g/mol. The standard InChI is InChI=1S/C21H22O3/c1-16-11-13-18(14-12-16)21(2,19(22)20(23)24-3)15-7-10-17-8-5-4-6-9-17/h4-14H,15H2,1-3H3/b10-7+. The minimum absolute atomic E-state index is 0.416. The summed E-state index contributed by atoms with van der Waals surface area (Å²) in [7, 11) is 1.23. The molecule has 0 aromatic heterocycles. The number of benzene rings is 2. The van der Waals surface area contributed by atoms with E-state index in [2.05, 4.69) is 4.74 Å². The summed E-state index contributed by atoms with van der Waals surface area (Å²) in [6, 6.07) is 17.5. The van der Waals surface area contributed by atoms with Crippen molar-refractivity contribution < 1.29 is 14.3 Å². The van der Waals surface area contributed by atoms with Gasteiger partial charge in [0.2, 0.25) is 0 Å². The molecule has 0 heterocycles. The minimum Gasteiger partial charge on any atom is -0.463 e. The normalized spacial score (nSPS) is 13.5. The van der Waals surface area contributed by atoms with E-state index in [1.54, 1.807) is 6.92 Å². The number of ketones is 1. The molecule has 3 heteroatoms. The van der Waals surface area contributed by atoms with Gasteiger partial charge in [0.15, 0.2) is 0 Å². The lowest BCUT2D eigenvalue weighted by Gasteiger charge is -2.26. The second-order valence-electron chi connectivity index (χ2n) is 6.04. The summed E-state index contributed by atoms with van der Waals surface area (Å²) >= 11 is 0. The molecule has 0 spiro atoms. The third-order valence-corrected chi connectivity index (χ3v) is 4.20. The highest BCUT2D eigenvalue weighted by Gasteiger charge is 2.39. The van der Waals surface area contributed by atoms with Crippen molar-refractivity contribution in [3.8, 4) is 0 Å². The fourth-order valence-electron chi connectivity index (χ4n) is 2.58. The zero-order valence-electron chi connectivity index (χ0n) is 14.3. The molecule has 0 amide bonds. The third-order valence-electron chi connectivity index (χ3n) is 4.20. The van der Waals surface area contributed by atoms with Gasteiger partial charge in [-0.05, 0) is 31.4 Å². The summed E-state index contributed by atoms with van der Waals surface area (Å²) in [5.74, 6) is -1.35. The Morgan fingerprint density at radius 3 is 2.25 bits per heavy atom. The second-order valence-corrected chi connectivity index (χ2v) is 6.04. The van der Waals surface area contributed by atoms with Crippen molar-refractivity contribution in [2.75, 3.05) is 7.11 Å². The maximum Gasteiger partial charge on any atom is 0.375 e. The third kappa shape index (κ3) is 3.99. The SMILES string of the molecule is COC(=O)C(=O)C(C)(C/C=C/c1ccccc1)c1ccc(C)cc1. The van der Waals surface area contributed by atoms with Gasteiger partial charge in [0, 0.05) is 0 Å². The van der Waals surface area contributed by atoms with Crippen LogP contribution in [0.5, 0.6) is 0 Å². The van der Waals surface area contributed by atoms with E-state index in [9.17, 15) is 9.59 Å². The molecule has 0 N–H and O–H groups in total. The van der Waals surface area contributed by atoms with Crippen molar-refractivity contribution in [1.29, 1.82) is 0 Å². The zero-order chi connectivity index (χ0) is 17.6. The summed E-state index contributed by atoms with van der Waals surface area (Å²) in [5.41, 5.74) is 2.01. The lowest BCUT2D eigenvalue weighted by molar-refractivity contribution is -0.154. The Balaban J connectivity index is 2.32. The van der Waals surface area contributed by atoms with Crippen LogP contribution < -0.4 is 0 Å². The number of allylic oxidation sites excluding steroid dienone is 1. The quantitative estimate of drug-likeness (QED) is 0.594. The molecule has 0 aliphatic carbocycles. The number of ether oxygens (including phenoxy) is 1. The molecule has 0 aliphatic heterocycles. The van der Waals surface area contributed by atoms with Crippen LogP contribution in [0.4, 0.5) is 0 Å². The van der Waals surface area contributed by atoms with Gasteiger partial charge in [-0.15, -0.1) is 0 Å². The van der Waals surface area contributed by atoms with Crippen LogP contribution in [0.3, 0.4) is 0 Å². The van der Waals surface area contributed by atoms with Gasteiger partial charge in [0.25, 0.3) is 5.78 Å². The molecule has 0 radical (unpaired) electrons. The van der Waals surface area contributed by atoms with Gasteiger partial charge in [0.05, 0.1) is 12.5 Å². The molecule has 124 valence electrons. The highest BCUT2D eigenvalue weighted by atomic mass is 16.5. The summed E-state index contributed by atoms with van der Waals surface area (Å²) in [6.45, 7) is 3.77. The van der Waals surface area contributed by atoms with E-state index >= 15 is 0 Å². The van der Waals surface area contributed by atoms with Gasteiger partial charge < -0.3 is 4.74 Å². The molecule has 0 fully saturated rings. The maximum atomic E-state index is 12.6. The minimum atomic E-state index is -0.952. The maximum absolute atomic E-state index is 12.6. The number of rotatable bonds is 6. The van der Waals surface area contributed by atoms with E-state index in [1.165, 1.54) is 7.11 Å². The smallest absolute Gasteiger partial charge is 0.375 e. The first-order chi connectivity index (χ1) is 11.5. The van der Waals surface area contributed by atoms with Crippen molar-refractivity contribution in [3.05, 3.63) is 77.4 Å². The number of esters is 1. The molecule has 1 atom stereocenters. The van der Waals surface area contributed by atoms with Gasteiger partial charge in [0.1, 0.15) is 0 Å². The molecule has 3 nitrogen and oxygen atoms in total. The lowest BCUT2D eigenvalue weighted by Crippen LogP contribution is -2.38. The molecule has 0 saturated carbocycles. The molecule has 0 aliphatic rings.